The van der Waals surface area contributed by atoms with Crippen LogP contribution in [0.2, 0.25) is 0 Å². The summed E-state index contributed by atoms with van der Waals surface area (Å²) >= 11 is 5.29. The second kappa shape index (κ2) is 8.35. The van der Waals surface area contributed by atoms with E-state index < -0.39 is 5.97 Å². The fourth-order valence-electron chi connectivity index (χ4n) is 2.10. The molecular formula is C17H20N4O2S. The number of esters is 1. The molecule has 1 heterocycles. The molecule has 1 aromatic heterocycles. The highest BCUT2D eigenvalue weighted by Crippen LogP contribution is 2.12. The first kappa shape index (κ1) is 17.8. The largest absolute Gasteiger partial charge is 0.462 e. The monoisotopic (exact) mass is 344 g/mol. The average Bonchev–Trinajstić information content (AvgIpc) is 2.55. The van der Waals surface area contributed by atoms with E-state index in [1.807, 2.05) is 37.3 Å². The molecule has 6 nitrogen and oxygen atoms in total. The van der Waals surface area contributed by atoms with Gasteiger partial charge in [-0.05, 0) is 38.6 Å². The number of nitrogens with zero attached hydrogens (tertiary/aromatic N) is 2. The summed E-state index contributed by atoms with van der Waals surface area (Å²) in [7, 11) is 0. The van der Waals surface area contributed by atoms with E-state index in [0.29, 0.717) is 28.9 Å². The minimum absolute atomic E-state index is 0.0473. The maximum absolute atomic E-state index is 11.7. The van der Waals surface area contributed by atoms with Gasteiger partial charge in [0, 0.05) is 6.20 Å². The molecule has 2 N–H and O–H groups in total. The van der Waals surface area contributed by atoms with Crippen molar-refractivity contribution in [2.24, 2.45) is 0 Å². The van der Waals surface area contributed by atoms with Gasteiger partial charge in [0.15, 0.2) is 5.11 Å². The van der Waals surface area contributed by atoms with E-state index in [9.17, 15) is 4.79 Å². The van der Waals surface area contributed by atoms with Crippen LogP contribution in [0.3, 0.4) is 0 Å². The summed E-state index contributed by atoms with van der Waals surface area (Å²) in [6, 6.07) is 10.0. The van der Waals surface area contributed by atoms with Gasteiger partial charge in [-0.25, -0.2) is 14.8 Å². The zero-order chi connectivity index (χ0) is 17.5. The first-order valence-electron chi connectivity index (χ1n) is 7.64. The second-order valence-electron chi connectivity index (χ2n) is 5.14. The Bertz CT molecular complexity index is 722. The standard InChI is InChI=1S/C17H20N4O2S/c1-4-23-15(22)14-10-18-16(19-12(14)3)21-17(24)20-11(2)13-8-6-5-7-9-13/h5-11H,4H2,1-3H3,(H2,18,19,20,21,24)/t11-/m1/s1. The highest BCUT2D eigenvalue weighted by atomic mass is 32.1. The molecule has 0 saturated heterocycles. The van der Waals surface area contributed by atoms with Crippen LogP contribution in [0.15, 0.2) is 36.5 Å². The van der Waals surface area contributed by atoms with Crippen molar-refractivity contribution < 1.29 is 9.53 Å². The number of benzene rings is 1. The highest BCUT2D eigenvalue weighted by molar-refractivity contribution is 7.80. The van der Waals surface area contributed by atoms with Crippen molar-refractivity contribution in [1.82, 2.24) is 15.3 Å². The van der Waals surface area contributed by atoms with Gasteiger partial charge in [0.25, 0.3) is 0 Å². The molecule has 24 heavy (non-hydrogen) atoms. The maximum Gasteiger partial charge on any atom is 0.341 e. The molecule has 0 spiro atoms. The fourth-order valence-corrected chi connectivity index (χ4v) is 2.36. The van der Waals surface area contributed by atoms with Crippen molar-refractivity contribution in [3.63, 3.8) is 0 Å². The minimum Gasteiger partial charge on any atom is -0.462 e. The highest BCUT2D eigenvalue weighted by Gasteiger charge is 2.13. The van der Waals surface area contributed by atoms with Crippen LogP contribution in [0.5, 0.6) is 0 Å². The lowest BCUT2D eigenvalue weighted by atomic mass is 10.1. The van der Waals surface area contributed by atoms with Crippen LogP contribution in [0.4, 0.5) is 5.95 Å². The normalized spacial score (nSPS) is 11.5. The second-order valence-corrected chi connectivity index (χ2v) is 5.55. The smallest absolute Gasteiger partial charge is 0.341 e. The Hall–Kier alpha value is -2.54. The number of anilines is 1. The van der Waals surface area contributed by atoms with E-state index in [1.54, 1.807) is 13.8 Å². The Morgan fingerprint density at radius 3 is 2.67 bits per heavy atom. The number of hydrogen-bond acceptors (Lipinski definition) is 5. The number of hydrogen-bond donors (Lipinski definition) is 2. The van der Waals surface area contributed by atoms with Crippen molar-refractivity contribution in [1.29, 1.82) is 0 Å². The molecule has 0 aliphatic carbocycles. The molecule has 0 unspecified atom stereocenters. The van der Waals surface area contributed by atoms with Gasteiger partial charge in [-0.2, -0.15) is 0 Å². The lowest BCUT2D eigenvalue weighted by Crippen LogP contribution is -2.31. The molecule has 1 aromatic carbocycles. The third-order valence-electron chi connectivity index (χ3n) is 3.35. The van der Waals surface area contributed by atoms with Gasteiger partial charge < -0.3 is 15.4 Å². The molecule has 126 valence electrons. The number of carbonyl (C=O) groups is 1. The molecular weight excluding hydrogens is 324 g/mol. The molecule has 0 amide bonds. The van der Waals surface area contributed by atoms with Gasteiger partial charge in [0.05, 0.1) is 23.9 Å². The van der Waals surface area contributed by atoms with Crippen molar-refractivity contribution in [3.8, 4) is 0 Å². The molecule has 1 atom stereocenters. The van der Waals surface area contributed by atoms with Crippen LogP contribution in [0.1, 0.15) is 41.5 Å². The van der Waals surface area contributed by atoms with E-state index >= 15 is 0 Å². The topological polar surface area (TPSA) is 76.1 Å². The van der Waals surface area contributed by atoms with Crippen molar-refractivity contribution >= 4 is 29.2 Å². The number of nitrogens with one attached hydrogen (secondary N) is 2. The van der Waals surface area contributed by atoms with E-state index in [0.717, 1.165) is 5.56 Å². The van der Waals surface area contributed by atoms with Crippen LogP contribution in [-0.2, 0) is 4.74 Å². The molecule has 7 heteroatoms. The first-order chi connectivity index (χ1) is 11.5. The molecule has 0 bridgehead atoms. The summed E-state index contributed by atoms with van der Waals surface area (Å²) in [6.07, 6.45) is 1.44. The summed E-state index contributed by atoms with van der Waals surface area (Å²) in [6.45, 7) is 5.80. The van der Waals surface area contributed by atoms with Crippen molar-refractivity contribution in [3.05, 3.63) is 53.3 Å². The maximum atomic E-state index is 11.7. The SMILES string of the molecule is CCOC(=O)c1cnc(NC(=S)N[C@H](C)c2ccccc2)nc1C. The average molecular weight is 344 g/mol. The Labute approximate surface area is 146 Å². The quantitative estimate of drug-likeness (QED) is 0.638. The Kier molecular flexibility index (Phi) is 6.20. The molecule has 2 rings (SSSR count). The third-order valence-corrected chi connectivity index (χ3v) is 3.57. The zero-order valence-corrected chi connectivity index (χ0v) is 14.7. The number of carbonyl (C=O) groups excluding carboxylic acids is 1. The van der Waals surface area contributed by atoms with Crippen molar-refractivity contribution in [2.75, 3.05) is 11.9 Å². The van der Waals surface area contributed by atoms with Gasteiger partial charge >= 0.3 is 5.97 Å². The van der Waals surface area contributed by atoms with Crippen LogP contribution >= 0.6 is 12.2 Å². The lowest BCUT2D eigenvalue weighted by Gasteiger charge is -2.17. The summed E-state index contributed by atoms with van der Waals surface area (Å²) < 4.78 is 4.95. The van der Waals surface area contributed by atoms with Gasteiger partial charge in [-0.1, -0.05) is 30.3 Å². The minimum atomic E-state index is -0.431. The molecule has 0 fully saturated rings. The third kappa shape index (κ3) is 4.73. The summed E-state index contributed by atoms with van der Waals surface area (Å²) in [5, 5.41) is 6.51. The van der Waals surface area contributed by atoms with Gasteiger partial charge in [-0.15, -0.1) is 0 Å². The molecule has 0 saturated carbocycles. The van der Waals surface area contributed by atoms with E-state index in [4.69, 9.17) is 17.0 Å². The van der Waals surface area contributed by atoms with Crippen LogP contribution in [-0.4, -0.2) is 27.7 Å². The number of ether oxygens (including phenoxy) is 1. The van der Waals surface area contributed by atoms with Crippen molar-refractivity contribution in [2.45, 2.75) is 26.8 Å². The number of thiocarbonyl (C=S) groups is 1. The summed E-state index contributed by atoms with van der Waals surface area (Å²) in [5.74, 6) is -0.0988. The molecule has 0 radical (unpaired) electrons. The fraction of sp³-hybridized carbons (Fsp3) is 0.294. The Morgan fingerprint density at radius 1 is 1.33 bits per heavy atom. The van der Waals surface area contributed by atoms with Crippen LogP contribution in [0, 0.1) is 6.92 Å². The first-order valence-corrected chi connectivity index (χ1v) is 8.05. The summed E-state index contributed by atoms with van der Waals surface area (Å²) in [5.41, 5.74) is 2.00. The lowest BCUT2D eigenvalue weighted by molar-refractivity contribution is 0.0524. The number of aryl methyl sites for hydroxylation is 1. The molecule has 2 aromatic rings. The van der Waals surface area contributed by atoms with Crippen LogP contribution in [0.25, 0.3) is 0 Å². The molecule has 0 aliphatic rings. The van der Waals surface area contributed by atoms with E-state index in [1.165, 1.54) is 6.20 Å². The zero-order valence-electron chi connectivity index (χ0n) is 13.9. The number of aromatic nitrogens is 2. The Morgan fingerprint density at radius 2 is 2.04 bits per heavy atom. The number of rotatable bonds is 5. The van der Waals surface area contributed by atoms with Crippen LogP contribution < -0.4 is 10.6 Å². The Balaban J connectivity index is 1.99. The predicted molar refractivity (Wildman–Crippen MR) is 96.9 cm³/mol. The van der Waals surface area contributed by atoms with Gasteiger partial charge in [0.1, 0.15) is 0 Å². The van der Waals surface area contributed by atoms with E-state index in [-0.39, 0.29) is 6.04 Å². The predicted octanol–water partition coefficient (Wildman–Crippen LogP) is 3.01. The van der Waals surface area contributed by atoms with E-state index in [2.05, 4.69) is 20.6 Å². The molecule has 0 aliphatic heterocycles. The summed E-state index contributed by atoms with van der Waals surface area (Å²) in [4.78, 5) is 20.1. The van der Waals surface area contributed by atoms with Gasteiger partial charge in [-0.3, -0.25) is 0 Å². The van der Waals surface area contributed by atoms with Gasteiger partial charge in [0.2, 0.25) is 5.95 Å².